The molecule has 298 valence electrons. The highest BCUT2D eigenvalue weighted by Crippen LogP contribution is 2.43. The van der Waals surface area contributed by atoms with E-state index in [0.29, 0.717) is 24.7 Å². The van der Waals surface area contributed by atoms with E-state index in [0.717, 1.165) is 87.5 Å². The van der Waals surface area contributed by atoms with Gasteiger partial charge in [-0.1, -0.05) is 69.0 Å². The first-order valence-corrected chi connectivity index (χ1v) is 19.9. The fourth-order valence-corrected chi connectivity index (χ4v) is 8.08. The number of hydrogen-bond acceptors (Lipinski definition) is 5. The van der Waals surface area contributed by atoms with Gasteiger partial charge in [-0.3, -0.25) is 4.79 Å². The van der Waals surface area contributed by atoms with Gasteiger partial charge >= 0.3 is 0 Å². The number of carbonyl (C=O) groups excluding carboxylic acids is 2. The molecule has 0 aliphatic heterocycles. The number of benzene rings is 2. The van der Waals surface area contributed by atoms with E-state index in [4.69, 9.17) is 19.7 Å². The van der Waals surface area contributed by atoms with Crippen molar-refractivity contribution in [2.45, 2.75) is 147 Å². The van der Waals surface area contributed by atoms with Crippen LogP contribution in [0.15, 0.2) is 60.7 Å². The van der Waals surface area contributed by atoms with Gasteiger partial charge in [-0.05, 0) is 154 Å². The van der Waals surface area contributed by atoms with Gasteiger partial charge in [0, 0.05) is 26.4 Å². The highest BCUT2D eigenvalue weighted by Gasteiger charge is 2.28. The summed E-state index contributed by atoms with van der Waals surface area (Å²) in [6.07, 6.45) is 19.7. The number of ether oxygens (including phenoxy) is 1. The largest absolute Gasteiger partial charge is 0.400 e. The van der Waals surface area contributed by atoms with E-state index in [1.54, 1.807) is 13.2 Å². The van der Waals surface area contributed by atoms with E-state index in [1.165, 1.54) is 62.5 Å². The SMILES string of the molecule is C=C(C)CCCC(CCCOC)c1ccc(C2CCC(c3ccc(C4CCC(CCCCC)CC4)cc3F)CC2)cc1F.C=C(C=O)CO.C=O.CO. The molecule has 1 unspecified atom stereocenters. The van der Waals surface area contributed by atoms with E-state index in [2.05, 4.69) is 45.2 Å². The number of unbranched alkanes of at least 4 members (excludes halogenated alkanes) is 2. The summed E-state index contributed by atoms with van der Waals surface area (Å²) < 4.78 is 36.2. The second-order valence-corrected chi connectivity index (χ2v) is 14.9. The molecule has 1 atom stereocenters. The van der Waals surface area contributed by atoms with Crippen LogP contribution in [0.2, 0.25) is 0 Å². The zero-order valence-corrected chi connectivity index (χ0v) is 33.4. The number of rotatable bonds is 18. The fraction of sp³-hybridized carbons (Fsp3) is 0.609. The maximum absolute atomic E-state index is 15.5. The van der Waals surface area contributed by atoms with Crippen molar-refractivity contribution in [3.8, 4) is 0 Å². The Bertz CT molecular complexity index is 1310. The third-order valence-electron chi connectivity index (χ3n) is 11.1. The van der Waals surface area contributed by atoms with Gasteiger partial charge in [0.1, 0.15) is 24.7 Å². The zero-order valence-electron chi connectivity index (χ0n) is 33.4. The van der Waals surface area contributed by atoms with Gasteiger partial charge in [0.15, 0.2) is 0 Å². The molecule has 2 aromatic carbocycles. The molecule has 2 aliphatic carbocycles. The molecular weight excluding hydrogens is 670 g/mol. The average molecular weight is 741 g/mol. The molecule has 7 heteroatoms. The van der Waals surface area contributed by atoms with Crippen molar-refractivity contribution >= 4 is 13.1 Å². The number of hydrogen-bond donors (Lipinski definition) is 2. The molecule has 2 N–H and O–H groups in total. The van der Waals surface area contributed by atoms with E-state index < -0.39 is 0 Å². The van der Waals surface area contributed by atoms with Crippen molar-refractivity contribution in [2.24, 2.45) is 5.92 Å². The molecule has 0 aromatic heterocycles. The molecule has 0 saturated heterocycles. The first-order chi connectivity index (χ1) is 25.7. The fourth-order valence-electron chi connectivity index (χ4n) is 8.08. The van der Waals surface area contributed by atoms with Gasteiger partial charge < -0.3 is 19.7 Å². The summed E-state index contributed by atoms with van der Waals surface area (Å²) in [5.74, 6) is 2.16. The molecule has 2 fully saturated rings. The minimum absolute atomic E-state index is 0.00687. The Hall–Kier alpha value is -3.00. The molecule has 2 aliphatic rings. The Morgan fingerprint density at radius 2 is 1.38 bits per heavy atom. The lowest BCUT2D eigenvalue weighted by Crippen LogP contribution is -2.15. The molecule has 0 spiro atoms. The predicted molar refractivity (Wildman–Crippen MR) is 216 cm³/mol. The van der Waals surface area contributed by atoms with Crippen LogP contribution < -0.4 is 0 Å². The van der Waals surface area contributed by atoms with Crippen LogP contribution in [0.25, 0.3) is 0 Å². The maximum Gasteiger partial charge on any atom is 0.147 e. The van der Waals surface area contributed by atoms with Crippen LogP contribution in [0.3, 0.4) is 0 Å². The lowest BCUT2D eigenvalue weighted by atomic mass is 9.74. The number of aliphatic hydroxyl groups is 2. The van der Waals surface area contributed by atoms with Crippen molar-refractivity contribution in [1.29, 1.82) is 0 Å². The first kappa shape index (κ1) is 48.0. The summed E-state index contributed by atoms with van der Waals surface area (Å²) in [6, 6.07) is 12.2. The number of aldehydes is 1. The second-order valence-electron chi connectivity index (χ2n) is 14.9. The number of allylic oxidation sites excluding steroid dienone is 1. The topological polar surface area (TPSA) is 83.8 Å². The van der Waals surface area contributed by atoms with Crippen LogP contribution in [-0.4, -0.2) is 50.7 Å². The van der Waals surface area contributed by atoms with Crippen molar-refractivity contribution in [3.63, 3.8) is 0 Å². The van der Waals surface area contributed by atoms with E-state index >= 15 is 8.78 Å². The molecule has 0 amide bonds. The highest BCUT2D eigenvalue weighted by molar-refractivity contribution is 5.72. The molecule has 0 bridgehead atoms. The normalized spacial score (nSPS) is 19.9. The number of aliphatic hydroxyl groups excluding tert-OH is 2. The summed E-state index contributed by atoms with van der Waals surface area (Å²) in [6.45, 7) is 14.0. The number of halogens is 2. The number of methoxy groups -OCH3 is 1. The Kier molecular flexibility index (Phi) is 25.8. The minimum Gasteiger partial charge on any atom is -0.400 e. The van der Waals surface area contributed by atoms with Gasteiger partial charge in [-0.25, -0.2) is 8.78 Å². The van der Waals surface area contributed by atoms with E-state index in [-0.39, 0.29) is 35.7 Å². The van der Waals surface area contributed by atoms with Crippen LogP contribution >= 0.6 is 0 Å². The van der Waals surface area contributed by atoms with Crippen LogP contribution in [0.4, 0.5) is 8.78 Å². The lowest BCUT2D eigenvalue weighted by Gasteiger charge is -2.31. The standard InChI is InChI=1S/C40H58F2O.C4H6O2.CH4O.CH2O/c1-5-6-7-11-30-14-16-31(17-15-30)35-23-25-38(40(42)27-35)34-20-18-32(19-21-34)36-22-24-37(39(41)28-36)33(13-9-26-43-4)12-8-10-29(2)3;1-4(2-5)3-6;2*1-2/h22-25,27-28,30-34H,2,5-21,26H2,1,3-4H3;2,6H,1,3H2;2H,1H3;1H2. The first-order valence-electron chi connectivity index (χ1n) is 19.9. The predicted octanol–water partition coefficient (Wildman–Crippen LogP) is 11.7. The Morgan fingerprint density at radius 1 is 0.830 bits per heavy atom. The van der Waals surface area contributed by atoms with Gasteiger partial charge in [0.05, 0.1) is 6.61 Å². The molecule has 2 saturated carbocycles. The Balaban J connectivity index is 0.00000126. The van der Waals surface area contributed by atoms with E-state index in [1.807, 2.05) is 18.9 Å². The number of carbonyl (C=O) groups is 2. The van der Waals surface area contributed by atoms with Gasteiger partial charge in [0.25, 0.3) is 0 Å². The molecule has 4 rings (SSSR count). The summed E-state index contributed by atoms with van der Waals surface area (Å²) in [7, 11) is 2.73. The maximum atomic E-state index is 15.5. The quantitative estimate of drug-likeness (QED) is 0.0688. The van der Waals surface area contributed by atoms with Crippen molar-refractivity contribution in [3.05, 3.63) is 94.6 Å². The van der Waals surface area contributed by atoms with E-state index in [9.17, 15) is 4.79 Å². The van der Waals surface area contributed by atoms with Gasteiger partial charge in [-0.2, -0.15) is 0 Å². The smallest absolute Gasteiger partial charge is 0.147 e. The third-order valence-corrected chi connectivity index (χ3v) is 11.1. The second kappa shape index (κ2) is 28.4. The highest BCUT2D eigenvalue weighted by atomic mass is 19.1. The summed E-state index contributed by atoms with van der Waals surface area (Å²) >= 11 is 0. The molecular formula is C46H70F2O5. The third kappa shape index (κ3) is 17.3. The minimum atomic E-state index is -0.233. The molecule has 2 aromatic rings. The zero-order chi connectivity index (χ0) is 39.6. The Morgan fingerprint density at radius 3 is 1.87 bits per heavy atom. The van der Waals surface area contributed by atoms with Crippen molar-refractivity contribution in [1.82, 2.24) is 0 Å². The van der Waals surface area contributed by atoms with Crippen LogP contribution in [0.5, 0.6) is 0 Å². The van der Waals surface area contributed by atoms with Crippen molar-refractivity contribution < 1.29 is 33.3 Å². The molecule has 5 nitrogen and oxygen atoms in total. The van der Waals surface area contributed by atoms with Crippen LogP contribution in [0.1, 0.15) is 169 Å². The lowest BCUT2D eigenvalue weighted by molar-refractivity contribution is -0.105. The summed E-state index contributed by atoms with van der Waals surface area (Å²) in [5.41, 5.74) is 5.47. The van der Waals surface area contributed by atoms with Crippen molar-refractivity contribution in [2.75, 3.05) is 27.4 Å². The van der Waals surface area contributed by atoms with Gasteiger partial charge in [-0.15, -0.1) is 6.58 Å². The van der Waals surface area contributed by atoms with Crippen LogP contribution in [-0.2, 0) is 14.3 Å². The monoisotopic (exact) mass is 741 g/mol. The van der Waals surface area contributed by atoms with Gasteiger partial charge in [0.2, 0.25) is 0 Å². The molecule has 53 heavy (non-hydrogen) atoms. The molecule has 0 radical (unpaired) electrons. The Labute approximate surface area is 320 Å². The average Bonchev–Trinajstić information content (AvgIpc) is 3.19. The van der Waals surface area contributed by atoms with Crippen LogP contribution in [0, 0.1) is 17.6 Å². The summed E-state index contributed by atoms with van der Waals surface area (Å²) in [5, 5.41) is 15.0. The summed E-state index contributed by atoms with van der Waals surface area (Å²) in [4.78, 5) is 17.5. The molecule has 0 heterocycles.